The molecule has 0 amide bonds. The zero-order valence-corrected chi connectivity index (χ0v) is 20.1. The van der Waals surface area contributed by atoms with Crippen molar-refractivity contribution in [1.82, 2.24) is 24.4 Å². The highest BCUT2D eigenvalue weighted by Gasteiger charge is 2.14. The molecule has 0 fully saturated rings. The van der Waals surface area contributed by atoms with Crippen LogP contribution in [0.5, 0.6) is 11.6 Å². The van der Waals surface area contributed by atoms with Crippen LogP contribution in [0.15, 0.2) is 48.8 Å². The number of anilines is 4. The zero-order chi connectivity index (χ0) is 24.2. The maximum atomic E-state index is 6.39. The molecule has 0 radical (unpaired) electrons. The number of fused-ring (bicyclic) bond motifs is 1. The van der Waals surface area contributed by atoms with Crippen molar-refractivity contribution in [2.24, 2.45) is 0 Å². The number of hydrogen-bond donors (Lipinski definition) is 2. The minimum absolute atomic E-state index is 0.423. The lowest BCUT2D eigenvalue weighted by Crippen LogP contribution is -2.29. The summed E-state index contributed by atoms with van der Waals surface area (Å²) in [6, 6.07) is 11.3. The van der Waals surface area contributed by atoms with Crippen LogP contribution in [0, 0.1) is 0 Å². The number of aromatic nitrogens is 4. The zero-order valence-electron chi connectivity index (χ0n) is 20.1. The first kappa shape index (κ1) is 23.1. The van der Waals surface area contributed by atoms with E-state index in [0.717, 1.165) is 29.8 Å². The van der Waals surface area contributed by atoms with Gasteiger partial charge < -0.3 is 30.3 Å². The van der Waals surface area contributed by atoms with E-state index in [1.54, 1.807) is 20.4 Å². The molecule has 34 heavy (non-hydrogen) atoms. The van der Waals surface area contributed by atoms with Crippen molar-refractivity contribution >= 4 is 34.0 Å². The number of nitrogen functional groups attached to an aromatic ring is 1. The van der Waals surface area contributed by atoms with Crippen LogP contribution in [0.25, 0.3) is 16.9 Å². The van der Waals surface area contributed by atoms with Gasteiger partial charge in [0.2, 0.25) is 11.8 Å². The van der Waals surface area contributed by atoms with Crippen molar-refractivity contribution in [1.29, 1.82) is 0 Å². The molecule has 0 aliphatic heterocycles. The number of hydrogen-bond acceptors (Lipinski definition) is 9. The van der Waals surface area contributed by atoms with E-state index < -0.39 is 0 Å². The minimum atomic E-state index is 0.423. The molecular formula is C24H30N8O2. The van der Waals surface area contributed by atoms with Crippen LogP contribution in [0.1, 0.15) is 0 Å². The first-order valence-electron chi connectivity index (χ1n) is 10.9. The molecule has 0 bridgehead atoms. The Morgan fingerprint density at radius 2 is 1.82 bits per heavy atom. The molecular weight excluding hydrogens is 432 g/mol. The molecule has 0 aliphatic rings. The quantitative estimate of drug-likeness (QED) is 0.363. The van der Waals surface area contributed by atoms with Crippen LogP contribution < -0.4 is 25.4 Å². The molecule has 0 spiro atoms. The van der Waals surface area contributed by atoms with Gasteiger partial charge in [0.1, 0.15) is 11.6 Å². The molecule has 0 aliphatic carbocycles. The minimum Gasteiger partial charge on any atom is -0.494 e. The smallest absolute Gasteiger partial charge is 0.229 e. The second kappa shape index (κ2) is 9.84. The first-order valence-corrected chi connectivity index (χ1v) is 10.9. The third kappa shape index (κ3) is 4.81. The molecule has 3 aromatic heterocycles. The summed E-state index contributed by atoms with van der Waals surface area (Å²) in [6.45, 7) is 1.75. The Balaban J connectivity index is 1.61. The summed E-state index contributed by atoms with van der Waals surface area (Å²) in [5.74, 6) is 2.34. The fourth-order valence-corrected chi connectivity index (χ4v) is 3.63. The number of nitrogens with one attached hydrogen (secondary N) is 1. The Labute approximate surface area is 198 Å². The van der Waals surface area contributed by atoms with Crippen molar-refractivity contribution in [3.8, 4) is 17.4 Å². The first-order chi connectivity index (χ1) is 16.4. The van der Waals surface area contributed by atoms with Gasteiger partial charge in [-0.25, -0.2) is 9.97 Å². The van der Waals surface area contributed by atoms with Crippen molar-refractivity contribution in [2.45, 2.75) is 0 Å². The highest BCUT2D eigenvalue weighted by Crippen LogP contribution is 2.36. The van der Waals surface area contributed by atoms with Crippen molar-refractivity contribution < 1.29 is 9.47 Å². The number of ether oxygens (including phenoxy) is 2. The van der Waals surface area contributed by atoms with Gasteiger partial charge in [-0.05, 0) is 38.4 Å². The van der Waals surface area contributed by atoms with Crippen molar-refractivity contribution in [2.75, 3.05) is 64.4 Å². The Kier molecular flexibility index (Phi) is 6.69. The SMILES string of the molecule is COc1ccc2c(ccn2-c2ccnc(Nc3cc(N)c(N(C)CCN(C)C)cc3OC)n2)n1. The van der Waals surface area contributed by atoms with E-state index in [4.69, 9.17) is 15.2 Å². The molecule has 10 heteroatoms. The van der Waals surface area contributed by atoms with Crippen LogP contribution >= 0.6 is 0 Å². The molecule has 4 aromatic rings. The lowest BCUT2D eigenvalue weighted by molar-refractivity contribution is 0.399. The van der Waals surface area contributed by atoms with Gasteiger partial charge in [-0.1, -0.05) is 0 Å². The molecule has 0 saturated heterocycles. The van der Waals surface area contributed by atoms with Crippen molar-refractivity contribution in [3.63, 3.8) is 0 Å². The van der Waals surface area contributed by atoms with E-state index >= 15 is 0 Å². The maximum absolute atomic E-state index is 6.39. The highest BCUT2D eigenvalue weighted by molar-refractivity contribution is 5.80. The predicted octanol–water partition coefficient (Wildman–Crippen LogP) is 3.16. The van der Waals surface area contributed by atoms with Gasteiger partial charge in [0.05, 0.1) is 42.3 Å². The molecule has 178 valence electrons. The van der Waals surface area contributed by atoms with E-state index in [2.05, 4.69) is 30.1 Å². The Morgan fingerprint density at radius 1 is 1.00 bits per heavy atom. The lowest BCUT2D eigenvalue weighted by atomic mass is 10.2. The predicted molar refractivity (Wildman–Crippen MR) is 136 cm³/mol. The number of likely N-dealkylation sites (N-methyl/N-ethyl adjacent to an activating group) is 2. The molecule has 10 nitrogen and oxygen atoms in total. The van der Waals surface area contributed by atoms with Gasteiger partial charge in [-0.2, -0.15) is 4.98 Å². The molecule has 0 atom stereocenters. The second-order valence-electron chi connectivity index (χ2n) is 8.14. The second-order valence-corrected chi connectivity index (χ2v) is 8.14. The molecule has 4 rings (SSSR count). The summed E-state index contributed by atoms with van der Waals surface area (Å²) in [4.78, 5) is 17.8. The lowest BCUT2D eigenvalue weighted by Gasteiger charge is -2.24. The van der Waals surface area contributed by atoms with E-state index in [9.17, 15) is 0 Å². The fourth-order valence-electron chi connectivity index (χ4n) is 3.63. The van der Waals surface area contributed by atoms with Gasteiger partial charge in [-0.15, -0.1) is 0 Å². The molecule has 3 N–H and O–H groups in total. The van der Waals surface area contributed by atoms with Gasteiger partial charge in [0.15, 0.2) is 0 Å². The van der Waals surface area contributed by atoms with E-state index in [0.29, 0.717) is 34.8 Å². The Morgan fingerprint density at radius 3 is 2.56 bits per heavy atom. The summed E-state index contributed by atoms with van der Waals surface area (Å²) >= 11 is 0. The third-order valence-corrected chi connectivity index (χ3v) is 5.50. The average Bonchev–Trinajstić information content (AvgIpc) is 3.26. The van der Waals surface area contributed by atoms with Gasteiger partial charge in [-0.3, -0.25) is 4.57 Å². The number of rotatable bonds is 9. The number of nitrogens with two attached hydrogens (primary N) is 1. The number of benzene rings is 1. The molecule has 3 heterocycles. The van der Waals surface area contributed by atoms with E-state index in [-0.39, 0.29) is 0 Å². The van der Waals surface area contributed by atoms with E-state index in [1.807, 2.05) is 68.3 Å². The monoisotopic (exact) mass is 462 g/mol. The van der Waals surface area contributed by atoms with Crippen LogP contribution in [0.2, 0.25) is 0 Å². The van der Waals surface area contributed by atoms with Crippen LogP contribution in [0.3, 0.4) is 0 Å². The summed E-state index contributed by atoms with van der Waals surface area (Å²) < 4.78 is 12.8. The largest absolute Gasteiger partial charge is 0.494 e. The average molecular weight is 463 g/mol. The van der Waals surface area contributed by atoms with Gasteiger partial charge in [0.25, 0.3) is 0 Å². The van der Waals surface area contributed by atoms with Gasteiger partial charge >= 0.3 is 0 Å². The molecule has 1 aromatic carbocycles. The van der Waals surface area contributed by atoms with Crippen LogP contribution in [-0.2, 0) is 0 Å². The third-order valence-electron chi connectivity index (χ3n) is 5.50. The maximum Gasteiger partial charge on any atom is 0.229 e. The Hall–Kier alpha value is -4.05. The van der Waals surface area contributed by atoms with Crippen molar-refractivity contribution in [3.05, 3.63) is 48.8 Å². The van der Waals surface area contributed by atoms with E-state index in [1.165, 1.54) is 0 Å². The molecule has 0 unspecified atom stereocenters. The summed E-state index contributed by atoms with van der Waals surface area (Å²) in [5, 5.41) is 3.25. The number of nitrogens with zero attached hydrogens (tertiary/aromatic N) is 6. The number of methoxy groups -OCH3 is 2. The molecule has 0 saturated carbocycles. The normalized spacial score (nSPS) is 11.1. The number of pyridine rings is 1. The summed E-state index contributed by atoms with van der Waals surface area (Å²) in [6.07, 6.45) is 3.62. The summed E-state index contributed by atoms with van der Waals surface area (Å²) in [5.41, 5.74) is 10.3. The van der Waals surface area contributed by atoms with Gasteiger partial charge in [0, 0.05) is 44.7 Å². The highest BCUT2D eigenvalue weighted by atomic mass is 16.5. The standard InChI is InChI=1S/C24H30N8O2/c1-30(2)12-13-31(3)20-15-21(33-4)18(14-16(20)25)28-24-26-10-8-22(29-24)32-11-9-17-19(32)6-7-23(27-17)34-5/h6-11,14-15H,12-13,25H2,1-5H3,(H,26,28,29). The van der Waals surface area contributed by atoms with Crippen LogP contribution in [0.4, 0.5) is 23.0 Å². The van der Waals surface area contributed by atoms with Crippen LogP contribution in [-0.4, -0.2) is 72.9 Å². The fraction of sp³-hybridized carbons (Fsp3) is 0.292. The Bertz CT molecular complexity index is 1290. The topological polar surface area (TPSA) is 107 Å². The summed E-state index contributed by atoms with van der Waals surface area (Å²) in [7, 11) is 9.33.